The summed E-state index contributed by atoms with van der Waals surface area (Å²) in [6.07, 6.45) is 0. The summed E-state index contributed by atoms with van der Waals surface area (Å²) in [5.41, 5.74) is -0.0422. The minimum atomic E-state index is -4.07. The summed E-state index contributed by atoms with van der Waals surface area (Å²) in [6.45, 7) is -0.664. The number of esters is 1. The highest BCUT2D eigenvalue weighted by Crippen LogP contribution is 2.25. The number of alkyl halides is 2. The number of benzene rings is 2. The Hall–Kier alpha value is -3.25. The molecule has 0 radical (unpaired) electrons. The first-order valence-electron chi connectivity index (χ1n) is 9.70. The van der Waals surface area contributed by atoms with Crippen LogP contribution in [-0.2, 0) is 24.3 Å². The lowest BCUT2D eigenvalue weighted by Gasteiger charge is -2.21. The van der Waals surface area contributed by atoms with E-state index in [9.17, 15) is 26.8 Å². The molecule has 0 saturated heterocycles. The summed E-state index contributed by atoms with van der Waals surface area (Å²) in [5, 5.41) is 2.30. The molecule has 2 aromatic carbocycles. The molecule has 1 atom stereocenters. The Morgan fingerprint density at radius 3 is 2.24 bits per heavy atom. The topological polar surface area (TPSA) is 120 Å². The van der Waals surface area contributed by atoms with E-state index in [1.165, 1.54) is 55.6 Å². The Balaban J connectivity index is 2.02. The fourth-order valence-electron chi connectivity index (χ4n) is 2.63. The SMILES string of the molecule is COc1ccc(S(=O)(=O)N[C@H](C(=O)OCC(=O)Nc2ccccc2OC(F)F)C(C)C)cc1. The second-order valence-electron chi connectivity index (χ2n) is 7.05. The molecule has 0 aromatic heterocycles. The smallest absolute Gasteiger partial charge is 0.387 e. The first-order chi connectivity index (χ1) is 15.5. The Bertz CT molecular complexity index is 1060. The van der Waals surface area contributed by atoms with E-state index in [1.54, 1.807) is 13.8 Å². The number of anilines is 1. The fraction of sp³-hybridized carbons (Fsp3) is 0.333. The van der Waals surface area contributed by atoms with E-state index in [0.29, 0.717) is 5.75 Å². The predicted octanol–water partition coefficient (Wildman–Crippen LogP) is 2.78. The molecule has 0 aliphatic heterocycles. The molecule has 1 amide bonds. The number of carbonyl (C=O) groups is 2. The third kappa shape index (κ3) is 7.68. The van der Waals surface area contributed by atoms with Gasteiger partial charge in [-0.1, -0.05) is 26.0 Å². The molecule has 0 fully saturated rings. The summed E-state index contributed by atoms with van der Waals surface area (Å²) < 4.78 is 66.8. The maximum atomic E-state index is 12.6. The van der Waals surface area contributed by atoms with Crippen LogP contribution in [0.1, 0.15) is 13.8 Å². The van der Waals surface area contributed by atoms with Crippen LogP contribution in [0.25, 0.3) is 0 Å². The number of amides is 1. The normalized spacial score (nSPS) is 12.3. The molecule has 2 rings (SSSR count). The van der Waals surface area contributed by atoms with Gasteiger partial charge in [-0.3, -0.25) is 9.59 Å². The largest absolute Gasteiger partial charge is 0.497 e. The molecule has 0 bridgehead atoms. The van der Waals surface area contributed by atoms with Crippen LogP contribution in [0.2, 0.25) is 0 Å². The van der Waals surface area contributed by atoms with Crippen molar-refractivity contribution in [1.82, 2.24) is 4.72 Å². The number of hydrogen-bond donors (Lipinski definition) is 2. The van der Waals surface area contributed by atoms with Crippen molar-refractivity contribution in [3.63, 3.8) is 0 Å². The van der Waals surface area contributed by atoms with Gasteiger partial charge in [0.2, 0.25) is 10.0 Å². The van der Waals surface area contributed by atoms with Crippen LogP contribution >= 0.6 is 0 Å². The lowest BCUT2D eigenvalue weighted by molar-refractivity contribution is -0.150. The number of nitrogens with one attached hydrogen (secondary N) is 2. The van der Waals surface area contributed by atoms with E-state index in [4.69, 9.17) is 9.47 Å². The van der Waals surface area contributed by atoms with Crippen molar-refractivity contribution < 1.29 is 41.0 Å². The Labute approximate surface area is 190 Å². The average molecular weight is 486 g/mol. The van der Waals surface area contributed by atoms with Gasteiger partial charge >= 0.3 is 12.6 Å². The Kier molecular flexibility index (Phi) is 9.12. The first-order valence-corrected chi connectivity index (χ1v) is 11.2. The van der Waals surface area contributed by atoms with Crippen LogP contribution in [0.4, 0.5) is 14.5 Å². The van der Waals surface area contributed by atoms with Gasteiger partial charge in [0.05, 0.1) is 17.7 Å². The van der Waals surface area contributed by atoms with E-state index in [0.717, 1.165) is 0 Å². The van der Waals surface area contributed by atoms with Gasteiger partial charge in [0, 0.05) is 0 Å². The van der Waals surface area contributed by atoms with Crippen LogP contribution in [-0.4, -0.2) is 46.7 Å². The monoisotopic (exact) mass is 486 g/mol. The van der Waals surface area contributed by atoms with Crippen LogP contribution in [0.5, 0.6) is 11.5 Å². The molecule has 0 saturated carbocycles. The highest BCUT2D eigenvalue weighted by Gasteiger charge is 2.30. The fourth-order valence-corrected chi connectivity index (χ4v) is 3.96. The summed E-state index contributed by atoms with van der Waals surface area (Å²) in [6, 6.07) is 9.76. The minimum Gasteiger partial charge on any atom is -0.497 e. The average Bonchev–Trinajstić information content (AvgIpc) is 2.76. The van der Waals surface area contributed by atoms with Gasteiger partial charge in [-0.15, -0.1) is 0 Å². The molecule has 0 heterocycles. The number of ether oxygens (including phenoxy) is 3. The molecular weight excluding hydrogens is 462 g/mol. The van der Waals surface area contributed by atoms with E-state index in [-0.39, 0.29) is 16.3 Å². The van der Waals surface area contributed by atoms with Crippen molar-refractivity contribution in [1.29, 1.82) is 0 Å². The highest BCUT2D eigenvalue weighted by molar-refractivity contribution is 7.89. The number of halogens is 2. The third-order valence-electron chi connectivity index (χ3n) is 4.30. The van der Waals surface area contributed by atoms with Crippen molar-refractivity contribution in [2.75, 3.05) is 19.0 Å². The van der Waals surface area contributed by atoms with Crippen LogP contribution in [0.15, 0.2) is 53.4 Å². The van der Waals surface area contributed by atoms with Crippen molar-refractivity contribution in [3.05, 3.63) is 48.5 Å². The number of sulfonamides is 1. The molecule has 0 aliphatic rings. The van der Waals surface area contributed by atoms with E-state index in [1.807, 2.05) is 0 Å². The number of carbonyl (C=O) groups excluding carboxylic acids is 2. The summed E-state index contributed by atoms with van der Waals surface area (Å²) in [4.78, 5) is 24.5. The molecule has 0 spiro atoms. The van der Waals surface area contributed by atoms with Crippen LogP contribution in [0, 0.1) is 5.92 Å². The Morgan fingerprint density at radius 1 is 1.03 bits per heavy atom. The first kappa shape index (κ1) is 26.0. The van der Waals surface area contributed by atoms with Gasteiger partial charge in [0.25, 0.3) is 5.91 Å². The second-order valence-corrected chi connectivity index (χ2v) is 8.76. The summed E-state index contributed by atoms with van der Waals surface area (Å²) >= 11 is 0. The third-order valence-corrected chi connectivity index (χ3v) is 5.75. The zero-order chi connectivity index (χ0) is 24.6. The van der Waals surface area contributed by atoms with Gasteiger partial charge in [-0.2, -0.15) is 13.5 Å². The Morgan fingerprint density at radius 2 is 1.67 bits per heavy atom. The molecule has 0 unspecified atom stereocenters. The van der Waals surface area contributed by atoms with Crippen molar-refractivity contribution in [2.45, 2.75) is 31.4 Å². The lowest BCUT2D eigenvalue weighted by atomic mass is 10.1. The molecule has 180 valence electrons. The number of methoxy groups -OCH3 is 1. The number of para-hydroxylation sites is 2. The zero-order valence-corrected chi connectivity index (χ0v) is 18.9. The molecule has 0 aliphatic carbocycles. The molecule has 33 heavy (non-hydrogen) atoms. The van der Waals surface area contributed by atoms with Crippen molar-refractivity contribution in [2.24, 2.45) is 5.92 Å². The highest BCUT2D eigenvalue weighted by atomic mass is 32.2. The number of rotatable bonds is 11. The summed E-state index contributed by atoms with van der Waals surface area (Å²) in [7, 11) is -2.64. The second kappa shape index (κ2) is 11.6. The standard InChI is InChI=1S/C21H24F2N2O7S/c1-13(2)19(25-33(28,29)15-10-8-14(30-3)9-11-15)20(27)31-12-18(26)24-16-6-4-5-7-17(16)32-21(22)23/h4-11,13,19,21,25H,12H2,1-3H3,(H,24,26)/t19-/m0/s1. The van der Waals surface area contributed by atoms with Gasteiger partial charge in [-0.25, -0.2) is 8.42 Å². The molecule has 2 N–H and O–H groups in total. The van der Waals surface area contributed by atoms with Gasteiger partial charge in [0.15, 0.2) is 6.61 Å². The zero-order valence-electron chi connectivity index (χ0n) is 18.1. The summed E-state index contributed by atoms with van der Waals surface area (Å²) in [5.74, 6) is -2.11. The van der Waals surface area contributed by atoms with Gasteiger partial charge in [-0.05, 0) is 42.3 Å². The molecule has 2 aromatic rings. The van der Waals surface area contributed by atoms with E-state index >= 15 is 0 Å². The van der Waals surface area contributed by atoms with E-state index < -0.39 is 47.1 Å². The maximum Gasteiger partial charge on any atom is 0.387 e. The quantitative estimate of drug-likeness (QED) is 0.469. The van der Waals surface area contributed by atoms with Crippen molar-refractivity contribution >= 4 is 27.6 Å². The van der Waals surface area contributed by atoms with Crippen LogP contribution in [0.3, 0.4) is 0 Å². The molecule has 12 heteroatoms. The van der Waals surface area contributed by atoms with Crippen LogP contribution < -0.4 is 19.5 Å². The number of hydrogen-bond acceptors (Lipinski definition) is 7. The molecule has 9 nitrogen and oxygen atoms in total. The predicted molar refractivity (Wildman–Crippen MR) is 115 cm³/mol. The van der Waals surface area contributed by atoms with E-state index in [2.05, 4.69) is 14.8 Å². The minimum absolute atomic E-state index is 0.0422. The van der Waals surface area contributed by atoms with Gasteiger partial charge in [0.1, 0.15) is 17.5 Å². The maximum absolute atomic E-state index is 12.6. The molecular formula is C21H24F2N2O7S. The lowest BCUT2D eigenvalue weighted by Crippen LogP contribution is -2.45. The van der Waals surface area contributed by atoms with Gasteiger partial charge < -0.3 is 19.5 Å². The van der Waals surface area contributed by atoms with Crippen molar-refractivity contribution in [3.8, 4) is 11.5 Å².